The molecule has 1 aromatic carbocycles. The molecule has 3 heterocycles. The number of ether oxygens (including phenoxy) is 1. The number of pyridine rings is 1. The van der Waals surface area contributed by atoms with Crippen LogP contribution in [0.2, 0.25) is 5.02 Å². The first kappa shape index (κ1) is 18.1. The van der Waals surface area contributed by atoms with E-state index in [1.165, 1.54) is 22.8 Å². The standard InChI is InChI=1S/C20H14ClFN4O2/c1-2-28-20(27)14-11-24-26-9-7-17(25-19(14)26)13-4-3-8-23-18(13)12-5-6-16(22)15(21)10-12/h3-11H,2H2,1H3. The normalized spacial score (nSPS) is 11.0. The number of hydrogen-bond donors (Lipinski definition) is 0. The van der Waals surface area contributed by atoms with E-state index in [4.69, 9.17) is 16.3 Å². The molecule has 0 atom stereocenters. The van der Waals surface area contributed by atoms with Crippen molar-refractivity contribution in [2.24, 2.45) is 0 Å². The molecule has 0 bridgehead atoms. The average molecular weight is 397 g/mol. The number of esters is 1. The topological polar surface area (TPSA) is 69.4 Å². The predicted molar refractivity (Wildman–Crippen MR) is 103 cm³/mol. The maximum atomic E-state index is 13.5. The average Bonchev–Trinajstić information content (AvgIpc) is 3.13. The van der Waals surface area contributed by atoms with Crippen molar-refractivity contribution in [2.45, 2.75) is 6.92 Å². The summed E-state index contributed by atoms with van der Waals surface area (Å²) < 4.78 is 20.1. The lowest BCUT2D eigenvalue weighted by atomic mass is 10.0. The number of aromatic nitrogens is 4. The zero-order valence-electron chi connectivity index (χ0n) is 14.8. The first-order valence-electron chi connectivity index (χ1n) is 8.51. The summed E-state index contributed by atoms with van der Waals surface area (Å²) in [4.78, 5) is 21.2. The Morgan fingerprint density at radius 2 is 2.14 bits per heavy atom. The Bertz CT molecular complexity index is 1190. The first-order chi connectivity index (χ1) is 13.6. The highest BCUT2D eigenvalue weighted by atomic mass is 35.5. The van der Waals surface area contributed by atoms with Crippen molar-refractivity contribution in [1.82, 2.24) is 19.6 Å². The van der Waals surface area contributed by atoms with E-state index in [2.05, 4.69) is 15.1 Å². The van der Waals surface area contributed by atoms with Gasteiger partial charge in [0.1, 0.15) is 11.4 Å². The van der Waals surface area contributed by atoms with Gasteiger partial charge >= 0.3 is 5.97 Å². The molecule has 0 aliphatic rings. The molecule has 0 aliphatic heterocycles. The van der Waals surface area contributed by atoms with E-state index in [1.54, 1.807) is 37.5 Å². The fourth-order valence-electron chi connectivity index (χ4n) is 2.86. The lowest BCUT2D eigenvalue weighted by Crippen LogP contribution is -2.05. The molecule has 4 rings (SSSR count). The molecule has 28 heavy (non-hydrogen) atoms. The van der Waals surface area contributed by atoms with Crippen LogP contribution < -0.4 is 0 Å². The lowest BCUT2D eigenvalue weighted by Gasteiger charge is -2.09. The van der Waals surface area contributed by atoms with E-state index in [-0.39, 0.29) is 17.2 Å². The summed E-state index contributed by atoms with van der Waals surface area (Å²) in [5, 5.41) is 4.15. The number of carbonyl (C=O) groups excluding carboxylic acids is 1. The van der Waals surface area contributed by atoms with Gasteiger partial charge in [0.2, 0.25) is 0 Å². The Balaban J connectivity index is 1.86. The van der Waals surface area contributed by atoms with Crippen LogP contribution in [0.4, 0.5) is 4.39 Å². The smallest absolute Gasteiger partial charge is 0.343 e. The quantitative estimate of drug-likeness (QED) is 0.477. The molecule has 3 aromatic heterocycles. The number of benzene rings is 1. The second-order valence-electron chi connectivity index (χ2n) is 5.89. The van der Waals surface area contributed by atoms with Crippen molar-refractivity contribution in [2.75, 3.05) is 6.61 Å². The summed E-state index contributed by atoms with van der Waals surface area (Å²) in [6.45, 7) is 1.99. The van der Waals surface area contributed by atoms with E-state index in [1.807, 2.05) is 6.07 Å². The lowest BCUT2D eigenvalue weighted by molar-refractivity contribution is 0.0528. The Morgan fingerprint density at radius 3 is 2.93 bits per heavy atom. The van der Waals surface area contributed by atoms with Gasteiger partial charge in [-0.15, -0.1) is 0 Å². The number of halogens is 2. The van der Waals surface area contributed by atoms with Gasteiger partial charge < -0.3 is 4.74 Å². The minimum atomic E-state index is -0.499. The summed E-state index contributed by atoms with van der Waals surface area (Å²) in [5.41, 5.74) is 3.20. The van der Waals surface area contributed by atoms with Gasteiger partial charge in [-0.2, -0.15) is 5.10 Å². The van der Waals surface area contributed by atoms with Gasteiger partial charge in [0.05, 0.1) is 29.2 Å². The largest absolute Gasteiger partial charge is 0.462 e. The molecule has 140 valence electrons. The number of carbonyl (C=O) groups is 1. The van der Waals surface area contributed by atoms with E-state index < -0.39 is 11.8 Å². The fourth-order valence-corrected chi connectivity index (χ4v) is 3.04. The van der Waals surface area contributed by atoms with Crippen LogP contribution in [-0.4, -0.2) is 32.2 Å². The maximum Gasteiger partial charge on any atom is 0.343 e. The summed E-state index contributed by atoms with van der Waals surface area (Å²) in [6, 6.07) is 9.80. The van der Waals surface area contributed by atoms with E-state index in [0.29, 0.717) is 28.2 Å². The number of hydrogen-bond acceptors (Lipinski definition) is 5. The highest BCUT2D eigenvalue weighted by molar-refractivity contribution is 6.31. The Labute approximate surface area is 164 Å². The predicted octanol–water partition coefficient (Wildman–Crippen LogP) is 4.43. The van der Waals surface area contributed by atoms with Gasteiger partial charge in [-0.1, -0.05) is 11.6 Å². The highest BCUT2D eigenvalue weighted by Gasteiger charge is 2.17. The molecule has 0 amide bonds. The molecule has 0 saturated heterocycles. The Hall–Kier alpha value is -3.32. The number of rotatable bonds is 4. The summed E-state index contributed by atoms with van der Waals surface area (Å²) in [7, 11) is 0. The van der Waals surface area contributed by atoms with E-state index >= 15 is 0 Å². The van der Waals surface area contributed by atoms with Crippen molar-refractivity contribution in [3.8, 4) is 22.5 Å². The third-order valence-electron chi connectivity index (χ3n) is 4.14. The van der Waals surface area contributed by atoms with Crippen LogP contribution in [0.1, 0.15) is 17.3 Å². The van der Waals surface area contributed by atoms with Crippen molar-refractivity contribution in [3.05, 3.63) is 71.4 Å². The SMILES string of the molecule is CCOC(=O)c1cnn2ccc(-c3cccnc3-c3ccc(F)c(Cl)c3)nc12. The molecular weight excluding hydrogens is 383 g/mol. The number of nitrogens with zero attached hydrogens (tertiary/aromatic N) is 4. The third kappa shape index (κ3) is 3.20. The molecule has 4 aromatic rings. The summed E-state index contributed by atoms with van der Waals surface area (Å²) in [6.07, 6.45) is 4.76. The molecule has 0 radical (unpaired) electrons. The molecule has 0 unspecified atom stereocenters. The Kier molecular flexibility index (Phi) is 4.75. The molecule has 0 N–H and O–H groups in total. The van der Waals surface area contributed by atoms with Crippen molar-refractivity contribution in [3.63, 3.8) is 0 Å². The monoisotopic (exact) mass is 396 g/mol. The zero-order valence-corrected chi connectivity index (χ0v) is 15.5. The van der Waals surface area contributed by atoms with Crippen LogP contribution in [0, 0.1) is 5.82 Å². The highest BCUT2D eigenvalue weighted by Crippen LogP contribution is 2.31. The van der Waals surface area contributed by atoms with Crippen molar-refractivity contribution in [1.29, 1.82) is 0 Å². The van der Waals surface area contributed by atoms with Crippen LogP contribution in [0.15, 0.2) is 55.0 Å². The van der Waals surface area contributed by atoms with Gasteiger partial charge in [0.15, 0.2) is 5.65 Å². The summed E-state index contributed by atoms with van der Waals surface area (Å²) in [5.74, 6) is -0.986. The maximum absolute atomic E-state index is 13.5. The third-order valence-corrected chi connectivity index (χ3v) is 4.43. The molecule has 8 heteroatoms. The van der Waals surface area contributed by atoms with E-state index in [9.17, 15) is 9.18 Å². The molecule has 0 saturated carbocycles. The van der Waals surface area contributed by atoms with Crippen molar-refractivity contribution < 1.29 is 13.9 Å². The molecular formula is C20H14ClFN4O2. The van der Waals surface area contributed by atoms with Crippen LogP contribution >= 0.6 is 11.6 Å². The van der Waals surface area contributed by atoms with Gasteiger partial charge in [0.25, 0.3) is 0 Å². The van der Waals surface area contributed by atoms with Crippen LogP contribution in [0.3, 0.4) is 0 Å². The number of fused-ring (bicyclic) bond motifs is 1. The first-order valence-corrected chi connectivity index (χ1v) is 8.88. The van der Waals surface area contributed by atoms with Gasteiger partial charge in [0, 0.05) is 23.5 Å². The fraction of sp³-hybridized carbons (Fsp3) is 0.100. The van der Waals surface area contributed by atoms with E-state index in [0.717, 1.165) is 0 Å². The van der Waals surface area contributed by atoms with Crippen LogP contribution in [0.5, 0.6) is 0 Å². The van der Waals surface area contributed by atoms with Gasteiger partial charge in [-0.05, 0) is 43.3 Å². The minimum Gasteiger partial charge on any atom is -0.462 e. The van der Waals surface area contributed by atoms with Gasteiger partial charge in [-0.25, -0.2) is 18.7 Å². The van der Waals surface area contributed by atoms with Crippen LogP contribution in [-0.2, 0) is 4.74 Å². The van der Waals surface area contributed by atoms with Crippen molar-refractivity contribution >= 4 is 23.2 Å². The molecule has 0 fully saturated rings. The second-order valence-corrected chi connectivity index (χ2v) is 6.30. The Morgan fingerprint density at radius 1 is 1.29 bits per heavy atom. The molecule has 6 nitrogen and oxygen atoms in total. The van der Waals surface area contributed by atoms with Gasteiger partial charge in [-0.3, -0.25) is 4.98 Å². The summed E-state index contributed by atoms with van der Waals surface area (Å²) >= 11 is 5.93. The second kappa shape index (κ2) is 7.36. The minimum absolute atomic E-state index is 0.0119. The zero-order chi connectivity index (χ0) is 19.7. The van der Waals surface area contributed by atoms with Crippen LogP contribution in [0.25, 0.3) is 28.2 Å². The molecule has 0 aliphatic carbocycles. The molecule has 0 spiro atoms.